The van der Waals surface area contributed by atoms with Crippen LogP contribution in [0.1, 0.15) is 97.4 Å². The Kier molecular flexibility index (Phi) is 7.04. The standard InChI is InChI=1S/C33H46O8/c1-30(2,38)12-11-28-33(5,41-29(40-28)27-9-6-18(17-34)39-27)21-10-13-31(3)19(21)7-8-20-22(31)14-24(35)23-15-25(36)26(37)16-32(20,23)4/h6-7,9,14,20-21,23,25-26,28-29,34,36-38H,8,10-13,15-17H2,1-5H3/t20-,21-,23-,25+,26-,28+,29+,31-,32+,33+/m0/s1. The summed E-state index contributed by atoms with van der Waals surface area (Å²) in [5, 5.41) is 41.1. The quantitative estimate of drug-likeness (QED) is 0.368. The fraction of sp³-hybridized carbons (Fsp3) is 0.727. The Labute approximate surface area is 242 Å². The molecule has 4 aliphatic carbocycles. The van der Waals surface area contributed by atoms with Crippen molar-refractivity contribution in [2.24, 2.45) is 28.6 Å². The number of rotatable bonds is 6. The summed E-state index contributed by atoms with van der Waals surface area (Å²) in [5.74, 6) is 0.929. The molecule has 1 aliphatic heterocycles. The van der Waals surface area contributed by atoms with Gasteiger partial charge in [-0.25, -0.2) is 0 Å². The summed E-state index contributed by atoms with van der Waals surface area (Å²) in [4.78, 5) is 13.5. The van der Waals surface area contributed by atoms with Gasteiger partial charge in [0.25, 0.3) is 0 Å². The van der Waals surface area contributed by atoms with Gasteiger partial charge in [-0.1, -0.05) is 31.1 Å². The van der Waals surface area contributed by atoms with Crippen molar-refractivity contribution in [3.8, 4) is 0 Å². The molecule has 41 heavy (non-hydrogen) atoms. The summed E-state index contributed by atoms with van der Waals surface area (Å²) in [5.41, 5.74) is 0.185. The lowest BCUT2D eigenvalue weighted by Crippen LogP contribution is -2.55. The zero-order valence-electron chi connectivity index (χ0n) is 24.9. The highest BCUT2D eigenvalue weighted by Gasteiger charge is 2.63. The van der Waals surface area contributed by atoms with Crippen molar-refractivity contribution in [2.75, 3.05) is 0 Å². The Morgan fingerprint density at radius 3 is 2.49 bits per heavy atom. The van der Waals surface area contributed by atoms with Gasteiger partial charge in [0.05, 0.1) is 23.9 Å². The fourth-order valence-corrected chi connectivity index (χ4v) is 9.00. The van der Waals surface area contributed by atoms with Gasteiger partial charge in [-0.2, -0.15) is 0 Å². The molecule has 2 heterocycles. The number of hydrogen-bond donors (Lipinski definition) is 4. The highest BCUT2D eigenvalue weighted by Crippen LogP contribution is 2.66. The monoisotopic (exact) mass is 570 g/mol. The fourth-order valence-electron chi connectivity index (χ4n) is 9.00. The highest BCUT2D eigenvalue weighted by atomic mass is 16.7. The van der Waals surface area contributed by atoms with E-state index in [1.54, 1.807) is 26.0 Å². The molecule has 2 saturated carbocycles. The molecule has 8 nitrogen and oxygen atoms in total. The molecular formula is C33H46O8. The van der Waals surface area contributed by atoms with Crippen molar-refractivity contribution in [3.63, 3.8) is 0 Å². The largest absolute Gasteiger partial charge is 0.458 e. The average molecular weight is 571 g/mol. The number of hydrogen-bond acceptors (Lipinski definition) is 8. The van der Waals surface area contributed by atoms with Gasteiger partial charge in [-0.05, 0) is 95.3 Å². The minimum atomic E-state index is -0.857. The lowest BCUT2D eigenvalue weighted by atomic mass is 9.48. The average Bonchev–Trinajstić information content (AvgIpc) is 3.60. The Morgan fingerprint density at radius 1 is 1.05 bits per heavy atom. The molecule has 226 valence electrons. The Hall–Kier alpha value is -1.81. The van der Waals surface area contributed by atoms with Crippen LogP contribution in [0.4, 0.5) is 0 Å². The normalized spacial score (nSPS) is 44.2. The summed E-state index contributed by atoms with van der Waals surface area (Å²) in [6.07, 6.45) is 5.95. The maximum Gasteiger partial charge on any atom is 0.218 e. The molecule has 4 N–H and O–H groups in total. The number of furan rings is 1. The van der Waals surface area contributed by atoms with Crippen LogP contribution in [0.3, 0.4) is 0 Å². The summed E-state index contributed by atoms with van der Waals surface area (Å²) in [6.45, 7) is 9.89. The van der Waals surface area contributed by atoms with Crippen molar-refractivity contribution in [2.45, 2.75) is 122 Å². The van der Waals surface area contributed by atoms with Crippen molar-refractivity contribution >= 4 is 5.78 Å². The molecule has 1 aromatic heterocycles. The first kappa shape index (κ1) is 29.3. The third-order valence-electron chi connectivity index (χ3n) is 11.4. The van der Waals surface area contributed by atoms with Gasteiger partial charge >= 0.3 is 0 Å². The van der Waals surface area contributed by atoms with E-state index in [4.69, 9.17) is 13.9 Å². The second-order valence-electron chi connectivity index (χ2n) is 14.6. The predicted octanol–water partition coefficient (Wildman–Crippen LogP) is 4.51. The van der Waals surface area contributed by atoms with Gasteiger partial charge in [0.15, 0.2) is 11.5 Å². The first-order valence-electron chi connectivity index (χ1n) is 15.3. The van der Waals surface area contributed by atoms with Crippen molar-refractivity contribution in [1.82, 2.24) is 0 Å². The third kappa shape index (κ3) is 4.61. The summed E-state index contributed by atoms with van der Waals surface area (Å²) >= 11 is 0. The number of fused-ring (bicyclic) bond motifs is 5. The first-order valence-corrected chi connectivity index (χ1v) is 15.3. The zero-order chi connectivity index (χ0) is 29.5. The van der Waals surface area contributed by atoms with E-state index in [9.17, 15) is 25.2 Å². The number of aliphatic hydroxyl groups excluding tert-OH is 3. The molecule has 1 saturated heterocycles. The number of carbonyl (C=O) groups is 1. The predicted molar refractivity (Wildman–Crippen MR) is 150 cm³/mol. The van der Waals surface area contributed by atoms with Crippen molar-refractivity contribution < 1.29 is 39.1 Å². The Bertz CT molecular complexity index is 1260. The maximum atomic E-state index is 13.5. The first-order chi connectivity index (χ1) is 19.2. The van der Waals surface area contributed by atoms with Crippen LogP contribution >= 0.6 is 0 Å². The van der Waals surface area contributed by atoms with E-state index in [-0.39, 0.29) is 41.7 Å². The molecule has 0 spiro atoms. The van der Waals surface area contributed by atoms with Crippen LogP contribution in [0, 0.1) is 28.6 Å². The van der Waals surface area contributed by atoms with Crippen molar-refractivity contribution in [3.05, 3.63) is 47.0 Å². The molecule has 0 unspecified atom stereocenters. The number of ether oxygens (including phenoxy) is 2. The molecule has 3 fully saturated rings. The van der Waals surface area contributed by atoms with Gasteiger partial charge in [0.2, 0.25) is 6.29 Å². The molecule has 1 aromatic rings. The molecule has 0 aromatic carbocycles. The summed E-state index contributed by atoms with van der Waals surface area (Å²) in [6, 6.07) is 3.50. The van der Waals surface area contributed by atoms with E-state index >= 15 is 0 Å². The summed E-state index contributed by atoms with van der Waals surface area (Å²) in [7, 11) is 0. The minimum Gasteiger partial charge on any atom is -0.458 e. The maximum absolute atomic E-state index is 13.5. The van der Waals surface area contributed by atoms with E-state index in [0.29, 0.717) is 37.2 Å². The van der Waals surface area contributed by atoms with Crippen LogP contribution in [-0.4, -0.2) is 55.7 Å². The number of allylic oxidation sites excluding steroid dienone is 3. The van der Waals surface area contributed by atoms with Crippen LogP contribution in [-0.2, 0) is 20.9 Å². The van der Waals surface area contributed by atoms with Crippen LogP contribution in [0.25, 0.3) is 0 Å². The third-order valence-corrected chi connectivity index (χ3v) is 11.4. The Morgan fingerprint density at radius 2 is 1.80 bits per heavy atom. The number of carbonyl (C=O) groups excluding carboxylic acids is 1. The number of ketones is 1. The van der Waals surface area contributed by atoms with Crippen LogP contribution < -0.4 is 0 Å². The molecule has 8 heteroatoms. The van der Waals surface area contributed by atoms with Gasteiger partial charge in [-0.15, -0.1) is 0 Å². The zero-order valence-corrected chi connectivity index (χ0v) is 24.9. The van der Waals surface area contributed by atoms with Gasteiger partial charge in [0, 0.05) is 17.3 Å². The minimum absolute atomic E-state index is 0.0397. The topological polar surface area (TPSA) is 130 Å². The lowest BCUT2D eigenvalue weighted by molar-refractivity contribution is -0.140. The molecule has 10 atom stereocenters. The van der Waals surface area contributed by atoms with E-state index in [1.807, 2.05) is 6.08 Å². The van der Waals surface area contributed by atoms with Gasteiger partial charge < -0.3 is 34.3 Å². The Balaban J connectivity index is 1.34. The summed E-state index contributed by atoms with van der Waals surface area (Å²) < 4.78 is 19.1. The molecule has 0 radical (unpaired) electrons. The van der Waals surface area contributed by atoms with Crippen LogP contribution in [0.5, 0.6) is 0 Å². The molecular weight excluding hydrogens is 524 g/mol. The van der Waals surface area contributed by atoms with Crippen LogP contribution in [0.2, 0.25) is 0 Å². The highest BCUT2D eigenvalue weighted by molar-refractivity contribution is 5.95. The van der Waals surface area contributed by atoms with E-state index < -0.39 is 35.1 Å². The van der Waals surface area contributed by atoms with Gasteiger partial charge in [0.1, 0.15) is 18.0 Å². The van der Waals surface area contributed by atoms with E-state index in [0.717, 1.165) is 24.8 Å². The lowest BCUT2D eigenvalue weighted by Gasteiger charge is -2.56. The van der Waals surface area contributed by atoms with Crippen molar-refractivity contribution in [1.29, 1.82) is 0 Å². The molecule has 6 rings (SSSR count). The SMILES string of the molecule is CC(C)(O)CC[C@H]1O[C@@H](c2ccc(CO)o2)O[C@]1(C)[C@H]1CC[C@]2(C)C3=CC(=O)[C@@H]4C[C@@H](O)[C@@H](O)C[C@]4(C)[C@H]3CC=C12. The molecule has 0 bridgehead atoms. The smallest absolute Gasteiger partial charge is 0.218 e. The van der Waals surface area contributed by atoms with Gasteiger partial charge in [-0.3, -0.25) is 4.79 Å². The molecule has 5 aliphatic rings. The second kappa shape index (κ2) is 9.86. The number of aliphatic hydroxyl groups is 4. The molecule has 0 amide bonds. The van der Waals surface area contributed by atoms with E-state index in [2.05, 4.69) is 26.8 Å². The van der Waals surface area contributed by atoms with E-state index in [1.165, 1.54) is 5.57 Å². The van der Waals surface area contributed by atoms with Crippen LogP contribution in [0.15, 0.2) is 39.8 Å². The second-order valence-corrected chi connectivity index (χ2v) is 14.6.